The molecule has 0 unspecified atom stereocenters. The third-order valence-corrected chi connectivity index (χ3v) is 5.50. The summed E-state index contributed by atoms with van der Waals surface area (Å²) in [6, 6.07) is 19.5. The lowest BCUT2D eigenvalue weighted by molar-refractivity contribution is -0.139. The summed E-state index contributed by atoms with van der Waals surface area (Å²) in [5, 5.41) is 25.2. The molecule has 0 fully saturated rings. The van der Waals surface area contributed by atoms with Crippen molar-refractivity contribution in [3.8, 4) is 33.8 Å². The summed E-state index contributed by atoms with van der Waals surface area (Å²) in [7, 11) is 0. The average Bonchev–Trinajstić information content (AvgIpc) is 3.52. The number of hydrogen-bond donors (Lipinski definition) is 0. The highest BCUT2D eigenvalue weighted by Crippen LogP contribution is 2.40. The number of nitrogens with zero attached hydrogens (tertiary/aromatic N) is 7. The maximum absolute atomic E-state index is 11.7. The first-order chi connectivity index (χ1) is 16.2. The minimum Gasteiger partial charge on any atom is -0.465 e. The van der Waals surface area contributed by atoms with E-state index in [1.807, 2.05) is 60.7 Å². The van der Waals surface area contributed by atoms with E-state index in [4.69, 9.17) is 9.15 Å². The van der Waals surface area contributed by atoms with Crippen LogP contribution in [-0.2, 0) is 9.53 Å². The summed E-state index contributed by atoms with van der Waals surface area (Å²) in [4.78, 5) is 11.7. The lowest BCUT2D eigenvalue weighted by atomic mass is 9.95. The van der Waals surface area contributed by atoms with Crippen LogP contribution >= 0.6 is 11.8 Å². The number of ether oxygens (including phenoxy) is 1. The summed E-state index contributed by atoms with van der Waals surface area (Å²) in [6.45, 7) is 2.07. The van der Waals surface area contributed by atoms with Crippen LogP contribution in [-0.4, -0.2) is 53.8 Å². The van der Waals surface area contributed by atoms with Crippen molar-refractivity contribution in [2.75, 3.05) is 12.4 Å². The lowest BCUT2D eigenvalue weighted by Gasteiger charge is -2.13. The topological polar surface area (TPSA) is 121 Å². The molecule has 5 aromatic rings. The molecule has 2 aromatic carbocycles. The molecule has 0 spiro atoms. The number of fused-ring (bicyclic) bond motifs is 1. The van der Waals surface area contributed by atoms with Gasteiger partial charge in [-0.2, -0.15) is 0 Å². The lowest BCUT2D eigenvalue weighted by Crippen LogP contribution is -2.06. The Balaban J connectivity index is 1.69. The van der Waals surface area contributed by atoms with E-state index >= 15 is 0 Å². The SMILES string of the molecule is CCOC(=O)CSc1nnc(-c2c(-c3ccccc3)c(-c3ccccc3)nn3nnnc23)o1. The van der Waals surface area contributed by atoms with Gasteiger partial charge in [-0.3, -0.25) is 4.79 Å². The monoisotopic (exact) mass is 459 g/mol. The van der Waals surface area contributed by atoms with E-state index in [1.54, 1.807) is 6.92 Å². The van der Waals surface area contributed by atoms with E-state index in [1.165, 1.54) is 4.63 Å². The quantitative estimate of drug-likeness (QED) is 0.264. The first-order valence-corrected chi connectivity index (χ1v) is 11.1. The zero-order valence-corrected chi connectivity index (χ0v) is 18.3. The Morgan fingerprint density at radius 1 is 0.970 bits per heavy atom. The summed E-state index contributed by atoms with van der Waals surface area (Å²) in [6.07, 6.45) is 0. The summed E-state index contributed by atoms with van der Waals surface area (Å²) in [5.74, 6) is -0.0692. The molecule has 164 valence electrons. The van der Waals surface area contributed by atoms with E-state index in [-0.39, 0.29) is 22.8 Å². The highest BCUT2D eigenvalue weighted by molar-refractivity contribution is 7.99. The number of carbonyl (C=O) groups excluding carboxylic acids is 1. The van der Waals surface area contributed by atoms with Gasteiger partial charge in [0.2, 0.25) is 5.65 Å². The van der Waals surface area contributed by atoms with Crippen molar-refractivity contribution in [3.63, 3.8) is 0 Å². The first-order valence-electron chi connectivity index (χ1n) is 10.1. The van der Waals surface area contributed by atoms with Gasteiger partial charge in [-0.1, -0.05) is 72.4 Å². The van der Waals surface area contributed by atoms with Gasteiger partial charge in [0.1, 0.15) is 11.4 Å². The molecule has 0 radical (unpaired) electrons. The van der Waals surface area contributed by atoms with Gasteiger partial charge in [0.25, 0.3) is 11.1 Å². The fourth-order valence-corrected chi connectivity index (χ4v) is 3.91. The molecule has 0 aliphatic rings. The molecule has 5 rings (SSSR count). The molecule has 11 heteroatoms. The molecule has 10 nitrogen and oxygen atoms in total. The largest absolute Gasteiger partial charge is 0.465 e. The minimum atomic E-state index is -0.355. The maximum atomic E-state index is 11.7. The number of esters is 1. The van der Waals surface area contributed by atoms with Crippen LogP contribution in [0.2, 0.25) is 0 Å². The number of thioether (sulfide) groups is 1. The molecule has 0 amide bonds. The Bertz CT molecular complexity index is 1400. The summed E-state index contributed by atoms with van der Waals surface area (Å²) < 4.78 is 12.2. The molecule has 3 heterocycles. The second-order valence-electron chi connectivity index (χ2n) is 6.79. The molecule has 0 aliphatic heterocycles. The summed E-state index contributed by atoms with van der Waals surface area (Å²) in [5.41, 5.74) is 4.12. The van der Waals surface area contributed by atoms with Gasteiger partial charge >= 0.3 is 5.97 Å². The van der Waals surface area contributed by atoms with Gasteiger partial charge in [-0.25, -0.2) is 0 Å². The molecule has 3 aromatic heterocycles. The van der Waals surface area contributed by atoms with Crippen molar-refractivity contribution in [2.45, 2.75) is 12.1 Å². The fourth-order valence-electron chi connectivity index (χ4n) is 3.35. The maximum Gasteiger partial charge on any atom is 0.316 e. The van der Waals surface area contributed by atoms with E-state index in [0.29, 0.717) is 23.5 Å². The molecular formula is C22H17N7O3S. The Labute approximate surface area is 192 Å². The molecular weight excluding hydrogens is 442 g/mol. The molecule has 0 aliphatic carbocycles. The molecule has 0 bridgehead atoms. The van der Waals surface area contributed by atoms with Gasteiger partial charge in [0, 0.05) is 11.1 Å². The number of tetrazole rings is 1. The predicted molar refractivity (Wildman–Crippen MR) is 120 cm³/mol. The van der Waals surface area contributed by atoms with Gasteiger partial charge in [0.05, 0.1) is 12.2 Å². The standard InChI is InChI=1S/C22H17N7O3S/c1-2-31-16(30)13-33-22-25-24-21(32-22)18-17(14-9-5-3-6-10-14)19(15-11-7-4-8-12-15)26-29-20(18)23-27-28-29/h3-12H,2,13H2,1H3. The van der Waals surface area contributed by atoms with Crippen LogP contribution in [0.5, 0.6) is 0 Å². The Morgan fingerprint density at radius 3 is 2.42 bits per heavy atom. The van der Waals surface area contributed by atoms with Crippen molar-refractivity contribution in [1.29, 1.82) is 0 Å². The van der Waals surface area contributed by atoms with Gasteiger partial charge < -0.3 is 9.15 Å². The van der Waals surface area contributed by atoms with Crippen molar-refractivity contribution in [1.82, 2.24) is 35.5 Å². The third-order valence-electron chi connectivity index (χ3n) is 4.71. The van der Waals surface area contributed by atoms with Crippen molar-refractivity contribution in [2.24, 2.45) is 0 Å². The third kappa shape index (κ3) is 4.17. The Hall–Kier alpha value is -4.12. The van der Waals surface area contributed by atoms with Gasteiger partial charge in [0.15, 0.2) is 0 Å². The molecule has 0 saturated carbocycles. The number of aromatic nitrogens is 7. The highest BCUT2D eigenvalue weighted by atomic mass is 32.2. The smallest absolute Gasteiger partial charge is 0.316 e. The Kier molecular flexibility index (Phi) is 5.77. The van der Waals surface area contributed by atoms with Crippen LogP contribution in [0.25, 0.3) is 39.5 Å². The normalized spacial score (nSPS) is 11.1. The Morgan fingerprint density at radius 2 is 1.70 bits per heavy atom. The van der Waals surface area contributed by atoms with Gasteiger partial charge in [-0.15, -0.1) is 25.0 Å². The van der Waals surface area contributed by atoms with Crippen molar-refractivity contribution < 1.29 is 13.9 Å². The number of carbonyl (C=O) groups is 1. The molecule has 0 N–H and O–H groups in total. The van der Waals surface area contributed by atoms with Gasteiger partial charge in [-0.05, 0) is 22.9 Å². The molecule has 0 atom stereocenters. The second kappa shape index (κ2) is 9.17. The second-order valence-corrected chi connectivity index (χ2v) is 7.72. The van der Waals surface area contributed by atoms with Crippen LogP contribution in [0.1, 0.15) is 6.92 Å². The first kappa shape index (κ1) is 20.8. The van der Waals surface area contributed by atoms with Crippen LogP contribution in [0.15, 0.2) is 70.3 Å². The number of hydrogen-bond acceptors (Lipinski definition) is 10. The van der Waals surface area contributed by atoms with Crippen LogP contribution in [0.4, 0.5) is 0 Å². The van der Waals surface area contributed by atoms with Crippen molar-refractivity contribution >= 4 is 23.4 Å². The number of rotatable bonds is 7. The van der Waals surface area contributed by atoms with Crippen LogP contribution < -0.4 is 0 Å². The van der Waals surface area contributed by atoms with E-state index in [2.05, 4.69) is 30.8 Å². The van der Waals surface area contributed by atoms with E-state index in [9.17, 15) is 4.79 Å². The van der Waals surface area contributed by atoms with Crippen LogP contribution in [0, 0.1) is 0 Å². The highest BCUT2D eigenvalue weighted by Gasteiger charge is 2.26. The van der Waals surface area contributed by atoms with Crippen LogP contribution in [0.3, 0.4) is 0 Å². The van der Waals surface area contributed by atoms with E-state index in [0.717, 1.165) is 28.5 Å². The fraction of sp³-hybridized carbons (Fsp3) is 0.136. The minimum absolute atomic E-state index is 0.0640. The number of benzene rings is 2. The predicted octanol–water partition coefficient (Wildman–Crippen LogP) is 3.56. The zero-order chi connectivity index (χ0) is 22.6. The zero-order valence-electron chi connectivity index (χ0n) is 17.5. The van der Waals surface area contributed by atoms with Crippen molar-refractivity contribution in [3.05, 3.63) is 60.7 Å². The average molecular weight is 459 g/mol. The molecule has 0 saturated heterocycles. The van der Waals surface area contributed by atoms with E-state index < -0.39 is 0 Å². The molecule has 33 heavy (non-hydrogen) atoms. The summed E-state index contributed by atoms with van der Waals surface area (Å²) >= 11 is 1.10.